The molecule has 0 amide bonds. The topological polar surface area (TPSA) is 63.3 Å². The fraction of sp³-hybridized carbons (Fsp3) is 0.750. The van der Waals surface area contributed by atoms with Crippen molar-refractivity contribution in [1.82, 2.24) is 0 Å². The maximum absolute atomic E-state index is 12.9. The second-order valence-corrected chi connectivity index (χ2v) is 4.89. The van der Waals surface area contributed by atoms with Crippen molar-refractivity contribution in [2.45, 2.75) is 44.5 Å². The Bertz CT molecular complexity index is 363. The Morgan fingerprint density at radius 3 is 2.26 bits per heavy atom. The molecule has 0 saturated heterocycles. The molecule has 0 aromatic rings. The van der Waals surface area contributed by atoms with E-state index in [2.05, 4.69) is 0 Å². The molecule has 0 atom stereocenters. The molecular weight excluding hydrogens is 266 g/mol. The molecule has 3 nitrogen and oxygen atoms in total. The maximum atomic E-state index is 12.9. The molecule has 1 saturated carbocycles. The lowest BCUT2D eigenvalue weighted by atomic mass is 9.71. The third-order valence-corrected chi connectivity index (χ3v) is 3.58. The molecule has 1 fully saturated rings. The van der Waals surface area contributed by atoms with Gasteiger partial charge in [-0.15, -0.1) is 0 Å². The average molecular weight is 283 g/mol. The molecule has 0 aliphatic heterocycles. The molecule has 110 valence electrons. The summed E-state index contributed by atoms with van der Waals surface area (Å²) in [4.78, 5) is 11.9. The molecule has 3 N–H and O–H groups in total. The predicted molar refractivity (Wildman–Crippen MR) is 60.8 cm³/mol. The second-order valence-electron chi connectivity index (χ2n) is 4.89. The summed E-state index contributed by atoms with van der Waals surface area (Å²) in [7, 11) is 0. The number of alkyl halides is 4. The molecule has 0 heterocycles. The summed E-state index contributed by atoms with van der Waals surface area (Å²) in [6.45, 7) is -0.490. The molecule has 0 aromatic heterocycles. The molecule has 1 aliphatic rings. The quantitative estimate of drug-likeness (QED) is 0.601. The van der Waals surface area contributed by atoms with Gasteiger partial charge in [-0.3, -0.25) is 4.79 Å². The number of ketones is 1. The Kier molecular flexibility index (Phi) is 4.95. The molecule has 19 heavy (non-hydrogen) atoms. The van der Waals surface area contributed by atoms with Crippen LogP contribution in [-0.2, 0) is 4.79 Å². The molecule has 7 heteroatoms. The second kappa shape index (κ2) is 5.90. The molecule has 0 bridgehead atoms. The lowest BCUT2D eigenvalue weighted by Crippen LogP contribution is -2.39. The van der Waals surface area contributed by atoms with Gasteiger partial charge in [0.05, 0.1) is 17.7 Å². The van der Waals surface area contributed by atoms with Gasteiger partial charge in [-0.2, -0.15) is 8.78 Å². The van der Waals surface area contributed by atoms with Crippen LogP contribution in [0.1, 0.15) is 32.1 Å². The molecule has 0 unspecified atom stereocenters. The van der Waals surface area contributed by atoms with Gasteiger partial charge in [0, 0.05) is 6.08 Å². The van der Waals surface area contributed by atoms with Gasteiger partial charge in [-0.05, 0) is 12.8 Å². The van der Waals surface area contributed by atoms with Crippen molar-refractivity contribution < 1.29 is 27.5 Å². The van der Waals surface area contributed by atoms with Crippen LogP contribution in [-0.4, -0.2) is 29.8 Å². The van der Waals surface area contributed by atoms with Crippen molar-refractivity contribution in [2.24, 2.45) is 11.1 Å². The summed E-state index contributed by atoms with van der Waals surface area (Å²) in [5.74, 6) is -5.33. The highest BCUT2D eigenvalue weighted by atomic mass is 19.3. The highest BCUT2D eigenvalue weighted by Gasteiger charge is 2.45. The molecule has 0 radical (unpaired) electrons. The van der Waals surface area contributed by atoms with Gasteiger partial charge >= 0.3 is 12.3 Å². The summed E-state index contributed by atoms with van der Waals surface area (Å²) >= 11 is 0. The number of aliphatic hydroxyl groups is 1. The number of hydrogen-bond acceptors (Lipinski definition) is 3. The Balaban J connectivity index is 2.93. The first kappa shape index (κ1) is 15.9. The zero-order chi connectivity index (χ0) is 14.7. The number of carbonyl (C=O) groups excluding carboxylic acids is 1. The summed E-state index contributed by atoms with van der Waals surface area (Å²) in [6.07, 6.45) is -0.641. The smallest absolute Gasteiger partial charge is 0.346 e. The number of rotatable bonds is 5. The summed E-state index contributed by atoms with van der Waals surface area (Å²) in [5, 5.41) is 9.31. The zero-order valence-electron chi connectivity index (χ0n) is 10.3. The van der Waals surface area contributed by atoms with Crippen LogP contribution in [0.15, 0.2) is 11.8 Å². The SMILES string of the molecule is N/C(=C\C(=O)C1(CO)CCCCC1)C(F)(F)C(F)F. The minimum absolute atomic E-state index is 0.354. The fourth-order valence-electron chi connectivity index (χ4n) is 2.23. The third kappa shape index (κ3) is 3.26. The van der Waals surface area contributed by atoms with E-state index < -0.39 is 35.9 Å². The standard InChI is InChI=1S/C12H17F4NO2/c13-10(14)12(15,16)8(17)6-9(19)11(7-18)4-2-1-3-5-11/h6,10,18H,1-5,7,17H2/b8-6-. The van der Waals surface area contributed by atoms with Crippen LogP contribution in [0.5, 0.6) is 0 Å². The van der Waals surface area contributed by atoms with E-state index in [-0.39, 0.29) is 0 Å². The van der Waals surface area contributed by atoms with Crippen LogP contribution < -0.4 is 5.73 Å². The van der Waals surface area contributed by atoms with E-state index in [0.29, 0.717) is 31.8 Å². The Labute approximate surface area is 108 Å². The van der Waals surface area contributed by atoms with E-state index in [9.17, 15) is 27.5 Å². The molecule has 0 aromatic carbocycles. The van der Waals surface area contributed by atoms with Crippen molar-refractivity contribution in [3.63, 3.8) is 0 Å². The van der Waals surface area contributed by atoms with E-state index in [1.807, 2.05) is 0 Å². The molecule has 1 rings (SSSR count). The van der Waals surface area contributed by atoms with Gasteiger partial charge in [0.1, 0.15) is 0 Å². The molecule has 0 spiro atoms. The highest BCUT2D eigenvalue weighted by molar-refractivity contribution is 5.95. The van der Waals surface area contributed by atoms with E-state index in [1.54, 1.807) is 0 Å². The Hall–Kier alpha value is -1.11. The number of carbonyl (C=O) groups is 1. The van der Waals surface area contributed by atoms with Crippen molar-refractivity contribution in [3.05, 3.63) is 11.8 Å². The lowest BCUT2D eigenvalue weighted by molar-refractivity contribution is -0.129. The van der Waals surface area contributed by atoms with Crippen molar-refractivity contribution in [3.8, 4) is 0 Å². The van der Waals surface area contributed by atoms with Crippen LogP contribution in [0.25, 0.3) is 0 Å². The zero-order valence-corrected chi connectivity index (χ0v) is 10.3. The highest BCUT2D eigenvalue weighted by Crippen LogP contribution is 2.38. The van der Waals surface area contributed by atoms with Crippen LogP contribution in [0, 0.1) is 5.41 Å². The van der Waals surface area contributed by atoms with Gasteiger partial charge in [0.2, 0.25) is 0 Å². The number of halogens is 4. The minimum atomic E-state index is -4.53. The van der Waals surface area contributed by atoms with Crippen molar-refractivity contribution >= 4 is 5.78 Å². The van der Waals surface area contributed by atoms with Crippen LogP contribution in [0.2, 0.25) is 0 Å². The van der Waals surface area contributed by atoms with Crippen LogP contribution >= 0.6 is 0 Å². The van der Waals surface area contributed by atoms with Gasteiger partial charge < -0.3 is 10.8 Å². The fourth-order valence-corrected chi connectivity index (χ4v) is 2.23. The van der Waals surface area contributed by atoms with E-state index in [4.69, 9.17) is 5.73 Å². The van der Waals surface area contributed by atoms with Gasteiger partial charge in [0.15, 0.2) is 5.78 Å². The molecular formula is C12H17F4NO2. The maximum Gasteiger partial charge on any atom is 0.346 e. The number of allylic oxidation sites excluding steroid dienone is 2. The predicted octanol–water partition coefficient (Wildman–Crippen LogP) is 2.24. The Morgan fingerprint density at radius 1 is 1.32 bits per heavy atom. The van der Waals surface area contributed by atoms with Gasteiger partial charge in [-0.1, -0.05) is 19.3 Å². The minimum Gasteiger partial charge on any atom is -0.397 e. The van der Waals surface area contributed by atoms with Crippen molar-refractivity contribution in [1.29, 1.82) is 0 Å². The summed E-state index contributed by atoms with van der Waals surface area (Å²) in [6, 6.07) is 0. The van der Waals surface area contributed by atoms with E-state index in [0.717, 1.165) is 6.42 Å². The van der Waals surface area contributed by atoms with E-state index in [1.165, 1.54) is 0 Å². The Morgan fingerprint density at radius 2 is 1.84 bits per heavy atom. The monoisotopic (exact) mass is 283 g/mol. The number of aliphatic hydroxyl groups excluding tert-OH is 1. The number of hydrogen-bond donors (Lipinski definition) is 2. The van der Waals surface area contributed by atoms with Gasteiger partial charge in [-0.25, -0.2) is 8.78 Å². The van der Waals surface area contributed by atoms with Crippen LogP contribution in [0.4, 0.5) is 17.6 Å². The lowest BCUT2D eigenvalue weighted by Gasteiger charge is -2.33. The third-order valence-electron chi connectivity index (χ3n) is 3.58. The largest absolute Gasteiger partial charge is 0.397 e. The van der Waals surface area contributed by atoms with Crippen LogP contribution in [0.3, 0.4) is 0 Å². The van der Waals surface area contributed by atoms with Crippen molar-refractivity contribution in [2.75, 3.05) is 6.61 Å². The summed E-state index contributed by atoms with van der Waals surface area (Å²) in [5.41, 5.74) is 2.30. The molecule has 1 aliphatic carbocycles. The first-order valence-corrected chi connectivity index (χ1v) is 6.05. The van der Waals surface area contributed by atoms with E-state index >= 15 is 0 Å². The van der Waals surface area contributed by atoms with Gasteiger partial charge in [0.25, 0.3) is 0 Å². The first-order valence-electron chi connectivity index (χ1n) is 6.05. The average Bonchev–Trinajstić information content (AvgIpc) is 2.39. The normalized spacial score (nSPS) is 20.6. The number of nitrogens with two attached hydrogens (primary N) is 1. The first-order chi connectivity index (χ1) is 8.76. The summed E-state index contributed by atoms with van der Waals surface area (Å²) < 4.78 is 50.1.